The number of nitrogens with one attached hydrogen (secondary N) is 2. The minimum absolute atomic E-state index is 0.0217. The monoisotopic (exact) mass is 407 g/mol. The van der Waals surface area contributed by atoms with Crippen molar-refractivity contribution in [3.8, 4) is 11.5 Å². The van der Waals surface area contributed by atoms with Crippen molar-refractivity contribution >= 4 is 29.1 Å². The van der Waals surface area contributed by atoms with Crippen LogP contribution in [0.1, 0.15) is 34.1 Å². The van der Waals surface area contributed by atoms with Crippen LogP contribution in [0.15, 0.2) is 36.4 Å². The first-order chi connectivity index (χ1) is 13.4. The number of benzene rings is 2. The van der Waals surface area contributed by atoms with Crippen molar-refractivity contribution in [3.05, 3.63) is 62.7 Å². The maximum Gasteiger partial charge on any atom is 0.270 e. The number of non-ortho nitro benzene ring substituents is 1. The van der Waals surface area contributed by atoms with E-state index in [-0.39, 0.29) is 27.6 Å². The van der Waals surface area contributed by atoms with Crippen molar-refractivity contribution in [1.82, 2.24) is 10.9 Å². The van der Waals surface area contributed by atoms with Crippen molar-refractivity contribution in [2.24, 2.45) is 0 Å². The number of nitro groups is 1. The highest BCUT2D eigenvalue weighted by molar-refractivity contribution is 6.32. The number of rotatable bonds is 7. The second-order valence-corrected chi connectivity index (χ2v) is 5.96. The number of nitrogens with zero attached hydrogens (tertiary/aromatic N) is 1. The zero-order valence-corrected chi connectivity index (χ0v) is 15.9. The SMILES string of the molecule is CCCOc1c(Cl)cc(C(=O)NNC(=O)c2cccc([N+](=O)[O-])c2)cc1OC. The van der Waals surface area contributed by atoms with E-state index in [1.165, 1.54) is 37.4 Å². The molecule has 0 bridgehead atoms. The van der Waals surface area contributed by atoms with Gasteiger partial charge in [0.25, 0.3) is 17.5 Å². The van der Waals surface area contributed by atoms with E-state index in [0.29, 0.717) is 12.4 Å². The Morgan fingerprint density at radius 3 is 2.43 bits per heavy atom. The van der Waals surface area contributed by atoms with Gasteiger partial charge in [-0.05, 0) is 24.6 Å². The van der Waals surface area contributed by atoms with Gasteiger partial charge in [-0.2, -0.15) is 0 Å². The first-order valence-electron chi connectivity index (χ1n) is 8.22. The number of hydrogen-bond donors (Lipinski definition) is 2. The van der Waals surface area contributed by atoms with E-state index in [9.17, 15) is 19.7 Å². The Labute approximate surface area is 165 Å². The van der Waals surface area contributed by atoms with Crippen molar-refractivity contribution in [1.29, 1.82) is 0 Å². The molecule has 9 nitrogen and oxygen atoms in total. The van der Waals surface area contributed by atoms with Crippen LogP contribution in [-0.4, -0.2) is 30.5 Å². The van der Waals surface area contributed by atoms with Crippen LogP contribution in [-0.2, 0) is 0 Å². The molecule has 0 saturated carbocycles. The molecule has 2 amide bonds. The number of methoxy groups -OCH3 is 1. The van der Waals surface area contributed by atoms with E-state index < -0.39 is 16.7 Å². The molecule has 28 heavy (non-hydrogen) atoms. The second kappa shape index (κ2) is 9.56. The summed E-state index contributed by atoms with van der Waals surface area (Å²) in [5.41, 5.74) is 4.33. The number of carbonyl (C=O) groups is 2. The molecule has 0 spiro atoms. The maximum absolute atomic E-state index is 12.3. The van der Waals surface area contributed by atoms with E-state index in [1.807, 2.05) is 6.92 Å². The zero-order valence-electron chi connectivity index (χ0n) is 15.2. The third kappa shape index (κ3) is 5.10. The summed E-state index contributed by atoms with van der Waals surface area (Å²) in [6.45, 7) is 2.37. The maximum atomic E-state index is 12.3. The van der Waals surface area contributed by atoms with Gasteiger partial charge in [0.1, 0.15) is 0 Å². The number of ether oxygens (including phenoxy) is 2. The average molecular weight is 408 g/mol. The molecule has 0 unspecified atom stereocenters. The standard InChI is InChI=1S/C18H18ClN3O6/c1-3-7-28-16-14(19)9-12(10-15(16)27-2)18(24)21-20-17(23)11-5-4-6-13(8-11)22(25)26/h4-6,8-10H,3,7H2,1-2H3,(H,20,23)(H,21,24). The first kappa shape index (κ1) is 21.0. The van der Waals surface area contributed by atoms with Crippen LogP contribution in [0.25, 0.3) is 0 Å². The van der Waals surface area contributed by atoms with E-state index in [4.69, 9.17) is 21.1 Å². The fourth-order valence-electron chi connectivity index (χ4n) is 2.21. The predicted octanol–water partition coefficient (Wildman–Crippen LogP) is 3.12. The number of hydrogen-bond acceptors (Lipinski definition) is 6. The van der Waals surface area contributed by atoms with Crippen LogP contribution >= 0.6 is 11.6 Å². The van der Waals surface area contributed by atoms with Crippen LogP contribution in [0.5, 0.6) is 11.5 Å². The Bertz CT molecular complexity index is 903. The summed E-state index contributed by atoms with van der Waals surface area (Å²) in [6, 6.07) is 7.91. The lowest BCUT2D eigenvalue weighted by Crippen LogP contribution is -2.41. The fourth-order valence-corrected chi connectivity index (χ4v) is 2.48. The highest BCUT2D eigenvalue weighted by Gasteiger charge is 2.17. The molecule has 148 valence electrons. The summed E-state index contributed by atoms with van der Waals surface area (Å²) in [4.78, 5) is 34.6. The number of carbonyl (C=O) groups excluding carboxylic acids is 2. The molecule has 0 saturated heterocycles. The molecule has 2 aromatic carbocycles. The third-order valence-corrected chi connectivity index (χ3v) is 3.83. The Kier molecular flexibility index (Phi) is 7.16. The topological polar surface area (TPSA) is 120 Å². The molecule has 0 aliphatic rings. The number of amides is 2. The van der Waals surface area contributed by atoms with E-state index in [0.717, 1.165) is 12.5 Å². The van der Waals surface area contributed by atoms with Crippen LogP contribution < -0.4 is 20.3 Å². The minimum Gasteiger partial charge on any atom is -0.493 e. The van der Waals surface area contributed by atoms with Crippen LogP contribution in [0, 0.1) is 10.1 Å². The Morgan fingerprint density at radius 2 is 1.82 bits per heavy atom. The largest absolute Gasteiger partial charge is 0.493 e. The van der Waals surface area contributed by atoms with E-state index in [2.05, 4.69) is 10.9 Å². The zero-order chi connectivity index (χ0) is 20.7. The van der Waals surface area contributed by atoms with Gasteiger partial charge in [-0.3, -0.25) is 30.6 Å². The van der Waals surface area contributed by atoms with Gasteiger partial charge < -0.3 is 9.47 Å². The summed E-state index contributed by atoms with van der Waals surface area (Å²) in [6.07, 6.45) is 0.769. The van der Waals surface area contributed by atoms with Gasteiger partial charge in [0.15, 0.2) is 11.5 Å². The lowest BCUT2D eigenvalue weighted by Gasteiger charge is -2.14. The molecule has 0 radical (unpaired) electrons. The summed E-state index contributed by atoms with van der Waals surface area (Å²) in [5.74, 6) is -0.765. The molecule has 0 fully saturated rings. The molecule has 2 N–H and O–H groups in total. The lowest BCUT2D eigenvalue weighted by molar-refractivity contribution is -0.384. The number of nitro benzene ring substituents is 1. The van der Waals surface area contributed by atoms with Gasteiger partial charge >= 0.3 is 0 Å². The van der Waals surface area contributed by atoms with Gasteiger partial charge in [0.05, 0.1) is 23.7 Å². The number of halogens is 1. The van der Waals surface area contributed by atoms with Crippen molar-refractivity contribution in [2.45, 2.75) is 13.3 Å². The fraction of sp³-hybridized carbons (Fsp3) is 0.222. The molecule has 0 aromatic heterocycles. The molecule has 2 aromatic rings. The van der Waals surface area contributed by atoms with Gasteiger partial charge in [0.2, 0.25) is 0 Å². The van der Waals surface area contributed by atoms with Crippen molar-refractivity contribution < 1.29 is 24.0 Å². The lowest BCUT2D eigenvalue weighted by atomic mass is 10.2. The van der Waals surface area contributed by atoms with Crippen molar-refractivity contribution in [2.75, 3.05) is 13.7 Å². The average Bonchev–Trinajstić information content (AvgIpc) is 2.70. The summed E-state index contributed by atoms with van der Waals surface area (Å²) < 4.78 is 10.7. The summed E-state index contributed by atoms with van der Waals surface area (Å²) in [7, 11) is 1.41. The van der Waals surface area contributed by atoms with Gasteiger partial charge in [0, 0.05) is 23.3 Å². The molecular weight excluding hydrogens is 390 g/mol. The Balaban J connectivity index is 2.10. The van der Waals surface area contributed by atoms with Crippen LogP contribution in [0.2, 0.25) is 5.02 Å². The highest BCUT2D eigenvalue weighted by atomic mass is 35.5. The van der Waals surface area contributed by atoms with Crippen LogP contribution in [0.4, 0.5) is 5.69 Å². The van der Waals surface area contributed by atoms with Gasteiger partial charge in [-0.15, -0.1) is 0 Å². The molecule has 0 atom stereocenters. The normalized spacial score (nSPS) is 10.1. The van der Waals surface area contributed by atoms with Gasteiger partial charge in [-0.25, -0.2) is 0 Å². The highest BCUT2D eigenvalue weighted by Crippen LogP contribution is 2.36. The van der Waals surface area contributed by atoms with E-state index in [1.54, 1.807) is 0 Å². The quantitative estimate of drug-likeness (QED) is 0.537. The Hall–Kier alpha value is -3.33. The minimum atomic E-state index is -0.710. The number of hydrazine groups is 1. The smallest absolute Gasteiger partial charge is 0.270 e. The Morgan fingerprint density at radius 1 is 1.14 bits per heavy atom. The third-order valence-electron chi connectivity index (χ3n) is 3.55. The van der Waals surface area contributed by atoms with E-state index >= 15 is 0 Å². The summed E-state index contributed by atoms with van der Waals surface area (Å²) >= 11 is 6.16. The molecule has 0 heterocycles. The van der Waals surface area contributed by atoms with Crippen molar-refractivity contribution in [3.63, 3.8) is 0 Å². The van der Waals surface area contributed by atoms with Gasteiger partial charge in [-0.1, -0.05) is 24.6 Å². The first-order valence-corrected chi connectivity index (χ1v) is 8.60. The predicted molar refractivity (Wildman–Crippen MR) is 102 cm³/mol. The second-order valence-electron chi connectivity index (χ2n) is 5.55. The molecule has 0 aliphatic heterocycles. The molecule has 0 aliphatic carbocycles. The summed E-state index contributed by atoms with van der Waals surface area (Å²) in [5, 5.41) is 11.0. The molecular formula is C18H18ClN3O6. The molecule has 10 heteroatoms. The molecule has 2 rings (SSSR count). The van der Waals surface area contributed by atoms with Crippen LogP contribution in [0.3, 0.4) is 0 Å².